The summed E-state index contributed by atoms with van der Waals surface area (Å²) in [6, 6.07) is 19.9. The highest BCUT2D eigenvalue weighted by Gasteiger charge is 2.09. The standard InChI is InChI=1S/C22H21N5O/c1-28-20-11-5-2-8-17(20)15-24-21-18-9-3-4-10-19(18)26-22(27-21)25-14-16-7-6-12-23-13-16/h2-13H,14-15H2,1H3,(H2,24,25,26,27). The zero-order chi connectivity index (χ0) is 19.2. The number of anilines is 2. The summed E-state index contributed by atoms with van der Waals surface area (Å²) in [5.41, 5.74) is 3.02. The number of hydrogen-bond acceptors (Lipinski definition) is 6. The largest absolute Gasteiger partial charge is 0.496 e. The van der Waals surface area contributed by atoms with Gasteiger partial charge in [-0.05, 0) is 29.8 Å². The van der Waals surface area contributed by atoms with Crippen molar-refractivity contribution in [1.82, 2.24) is 15.0 Å². The van der Waals surface area contributed by atoms with Gasteiger partial charge < -0.3 is 15.4 Å². The lowest BCUT2D eigenvalue weighted by Gasteiger charge is -2.13. The summed E-state index contributed by atoms with van der Waals surface area (Å²) in [5.74, 6) is 2.21. The van der Waals surface area contributed by atoms with Crippen molar-refractivity contribution in [3.8, 4) is 5.75 Å². The van der Waals surface area contributed by atoms with Gasteiger partial charge in [0.05, 0.1) is 12.6 Å². The van der Waals surface area contributed by atoms with Crippen LogP contribution in [0.3, 0.4) is 0 Å². The van der Waals surface area contributed by atoms with Crippen molar-refractivity contribution in [3.05, 3.63) is 84.2 Å². The van der Waals surface area contributed by atoms with Crippen molar-refractivity contribution < 1.29 is 4.74 Å². The molecule has 28 heavy (non-hydrogen) atoms. The third-order valence-electron chi connectivity index (χ3n) is 4.42. The van der Waals surface area contributed by atoms with Gasteiger partial charge in [0, 0.05) is 36.4 Å². The second-order valence-electron chi connectivity index (χ2n) is 6.29. The van der Waals surface area contributed by atoms with Crippen molar-refractivity contribution >= 4 is 22.7 Å². The molecule has 0 atom stereocenters. The van der Waals surface area contributed by atoms with Gasteiger partial charge in [-0.15, -0.1) is 0 Å². The van der Waals surface area contributed by atoms with E-state index >= 15 is 0 Å². The lowest BCUT2D eigenvalue weighted by molar-refractivity contribution is 0.410. The Hall–Kier alpha value is -3.67. The lowest BCUT2D eigenvalue weighted by Crippen LogP contribution is -2.08. The van der Waals surface area contributed by atoms with Crippen LogP contribution < -0.4 is 15.4 Å². The number of para-hydroxylation sites is 2. The molecule has 6 heteroatoms. The van der Waals surface area contributed by atoms with Crippen LogP contribution in [0.25, 0.3) is 10.9 Å². The summed E-state index contributed by atoms with van der Waals surface area (Å²) in [7, 11) is 1.68. The molecule has 2 N–H and O–H groups in total. The van der Waals surface area contributed by atoms with Crippen molar-refractivity contribution in [2.24, 2.45) is 0 Å². The Labute approximate surface area is 163 Å². The van der Waals surface area contributed by atoms with Gasteiger partial charge in [0.2, 0.25) is 5.95 Å². The Morgan fingerprint density at radius 1 is 0.857 bits per heavy atom. The predicted molar refractivity (Wildman–Crippen MR) is 111 cm³/mol. The number of pyridine rings is 1. The molecule has 0 spiro atoms. The fourth-order valence-electron chi connectivity index (χ4n) is 3.00. The normalized spacial score (nSPS) is 10.6. The Bertz CT molecular complexity index is 1070. The van der Waals surface area contributed by atoms with E-state index in [4.69, 9.17) is 9.72 Å². The second-order valence-corrected chi connectivity index (χ2v) is 6.29. The minimum atomic E-state index is 0.574. The Balaban J connectivity index is 1.59. The maximum absolute atomic E-state index is 5.44. The lowest BCUT2D eigenvalue weighted by atomic mass is 10.2. The molecule has 2 aromatic heterocycles. The number of fused-ring (bicyclic) bond motifs is 1. The molecular weight excluding hydrogens is 350 g/mol. The summed E-state index contributed by atoms with van der Waals surface area (Å²) in [6.07, 6.45) is 3.59. The van der Waals surface area contributed by atoms with Crippen LogP contribution in [-0.4, -0.2) is 22.1 Å². The van der Waals surface area contributed by atoms with Gasteiger partial charge in [0.1, 0.15) is 11.6 Å². The Morgan fingerprint density at radius 2 is 1.71 bits per heavy atom. The number of rotatable bonds is 7. The highest BCUT2D eigenvalue weighted by Crippen LogP contribution is 2.24. The highest BCUT2D eigenvalue weighted by molar-refractivity contribution is 5.90. The number of methoxy groups -OCH3 is 1. The molecule has 0 aliphatic rings. The van der Waals surface area contributed by atoms with Crippen LogP contribution in [0.2, 0.25) is 0 Å². The molecule has 4 rings (SSSR count). The van der Waals surface area contributed by atoms with Crippen LogP contribution in [0.1, 0.15) is 11.1 Å². The molecule has 0 aliphatic carbocycles. The summed E-state index contributed by atoms with van der Waals surface area (Å²) >= 11 is 0. The van der Waals surface area contributed by atoms with E-state index < -0.39 is 0 Å². The first-order valence-electron chi connectivity index (χ1n) is 9.09. The molecule has 0 saturated carbocycles. The maximum Gasteiger partial charge on any atom is 0.225 e. The monoisotopic (exact) mass is 371 g/mol. The zero-order valence-electron chi connectivity index (χ0n) is 15.6. The van der Waals surface area contributed by atoms with Gasteiger partial charge in [-0.3, -0.25) is 4.98 Å². The van der Waals surface area contributed by atoms with Crippen LogP contribution in [0.5, 0.6) is 5.75 Å². The highest BCUT2D eigenvalue weighted by atomic mass is 16.5. The Kier molecular flexibility index (Phi) is 5.29. The summed E-state index contributed by atoms with van der Waals surface area (Å²) < 4.78 is 5.44. The first-order chi connectivity index (χ1) is 13.8. The minimum absolute atomic E-state index is 0.574. The van der Waals surface area contributed by atoms with Crippen LogP contribution >= 0.6 is 0 Å². The van der Waals surface area contributed by atoms with Gasteiger partial charge >= 0.3 is 0 Å². The van der Waals surface area contributed by atoms with E-state index in [9.17, 15) is 0 Å². The minimum Gasteiger partial charge on any atom is -0.496 e. The van der Waals surface area contributed by atoms with E-state index in [0.29, 0.717) is 19.0 Å². The first kappa shape index (κ1) is 17.7. The maximum atomic E-state index is 5.44. The van der Waals surface area contributed by atoms with Gasteiger partial charge in [0.25, 0.3) is 0 Å². The number of nitrogens with zero attached hydrogens (tertiary/aromatic N) is 3. The molecule has 0 unspecified atom stereocenters. The average Bonchev–Trinajstić information content (AvgIpc) is 2.77. The second kappa shape index (κ2) is 8.35. The quantitative estimate of drug-likeness (QED) is 0.506. The SMILES string of the molecule is COc1ccccc1CNc1nc(NCc2cccnc2)nc2ccccc12. The predicted octanol–water partition coefficient (Wildman–Crippen LogP) is 4.26. The van der Waals surface area contributed by atoms with Crippen LogP contribution in [0, 0.1) is 0 Å². The smallest absolute Gasteiger partial charge is 0.225 e. The van der Waals surface area contributed by atoms with Crippen LogP contribution in [0.15, 0.2) is 73.1 Å². The summed E-state index contributed by atoms with van der Waals surface area (Å²) in [6.45, 7) is 1.21. The van der Waals surface area contributed by atoms with Crippen molar-refractivity contribution in [1.29, 1.82) is 0 Å². The van der Waals surface area contributed by atoms with Gasteiger partial charge in [-0.25, -0.2) is 4.98 Å². The van der Waals surface area contributed by atoms with E-state index in [2.05, 4.69) is 20.6 Å². The van der Waals surface area contributed by atoms with Crippen molar-refractivity contribution in [2.45, 2.75) is 13.1 Å². The number of hydrogen-bond donors (Lipinski definition) is 2. The third kappa shape index (κ3) is 4.01. The molecule has 0 fully saturated rings. The van der Waals surface area contributed by atoms with Crippen molar-refractivity contribution in [2.75, 3.05) is 17.7 Å². The van der Waals surface area contributed by atoms with E-state index in [0.717, 1.165) is 33.6 Å². The van der Waals surface area contributed by atoms with Gasteiger partial charge in [-0.1, -0.05) is 36.4 Å². The van der Waals surface area contributed by atoms with Crippen LogP contribution in [0.4, 0.5) is 11.8 Å². The average molecular weight is 371 g/mol. The molecule has 0 bridgehead atoms. The van der Waals surface area contributed by atoms with E-state index in [1.165, 1.54) is 0 Å². The Morgan fingerprint density at radius 3 is 2.57 bits per heavy atom. The van der Waals surface area contributed by atoms with E-state index in [1.807, 2.05) is 66.9 Å². The van der Waals surface area contributed by atoms with E-state index in [-0.39, 0.29) is 0 Å². The number of ether oxygens (including phenoxy) is 1. The number of aromatic nitrogens is 3. The molecule has 0 amide bonds. The zero-order valence-corrected chi connectivity index (χ0v) is 15.6. The fourth-order valence-corrected chi connectivity index (χ4v) is 3.00. The number of nitrogens with one attached hydrogen (secondary N) is 2. The third-order valence-corrected chi connectivity index (χ3v) is 4.42. The fraction of sp³-hybridized carbons (Fsp3) is 0.136. The molecule has 0 aliphatic heterocycles. The summed E-state index contributed by atoms with van der Waals surface area (Å²) in [4.78, 5) is 13.5. The molecule has 6 nitrogen and oxygen atoms in total. The van der Waals surface area contributed by atoms with Gasteiger partial charge in [0.15, 0.2) is 0 Å². The topological polar surface area (TPSA) is 72.0 Å². The molecule has 0 saturated heterocycles. The molecular formula is C22H21N5O. The van der Waals surface area contributed by atoms with Crippen molar-refractivity contribution in [3.63, 3.8) is 0 Å². The molecule has 0 radical (unpaired) electrons. The number of benzene rings is 2. The van der Waals surface area contributed by atoms with Crippen LogP contribution in [-0.2, 0) is 13.1 Å². The first-order valence-corrected chi connectivity index (χ1v) is 9.09. The van der Waals surface area contributed by atoms with E-state index in [1.54, 1.807) is 13.3 Å². The molecule has 2 aromatic carbocycles. The molecule has 140 valence electrons. The van der Waals surface area contributed by atoms with Gasteiger partial charge in [-0.2, -0.15) is 4.98 Å². The molecule has 2 heterocycles. The summed E-state index contributed by atoms with van der Waals surface area (Å²) in [5, 5.41) is 7.70. The molecule has 4 aromatic rings.